The lowest BCUT2D eigenvalue weighted by Gasteiger charge is -2.26. The van der Waals surface area contributed by atoms with Crippen LogP contribution in [0.4, 0.5) is 4.39 Å². The molecule has 35 heavy (non-hydrogen) atoms. The van der Waals surface area contributed by atoms with Gasteiger partial charge in [-0.2, -0.15) is 0 Å². The molecule has 0 atom stereocenters. The van der Waals surface area contributed by atoms with E-state index in [9.17, 15) is 4.39 Å². The highest BCUT2D eigenvalue weighted by atomic mass is 19.1. The molecular formula is C32H41FN2. The Labute approximate surface area is 211 Å². The third kappa shape index (κ3) is 8.28. The van der Waals surface area contributed by atoms with Crippen molar-refractivity contribution in [2.45, 2.75) is 71.6 Å². The standard InChI is InChI=1S/C32H41FN2/c1-25(2)8-9-27-21-28(23-31(33)22-27)12-16-32-17-15-30(24-34-32)29-13-10-26(11-14-29)7-6-20-35-18-4-3-5-19-35/h10-11,13-15,17,21-25H,3-9,12,16,18-20H2,1-2H3. The van der Waals surface area contributed by atoms with Crippen LogP contribution in [0, 0.1) is 11.7 Å². The Balaban J connectivity index is 1.27. The first-order valence-corrected chi connectivity index (χ1v) is 13.6. The second-order valence-corrected chi connectivity index (χ2v) is 10.6. The maximum Gasteiger partial charge on any atom is 0.123 e. The van der Waals surface area contributed by atoms with Gasteiger partial charge < -0.3 is 4.90 Å². The molecule has 2 nitrogen and oxygen atoms in total. The Morgan fingerprint density at radius 3 is 2.17 bits per heavy atom. The van der Waals surface area contributed by atoms with E-state index in [-0.39, 0.29) is 5.82 Å². The maximum absolute atomic E-state index is 14.1. The Morgan fingerprint density at radius 2 is 1.49 bits per heavy atom. The predicted molar refractivity (Wildman–Crippen MR) is 145 cm³/mol. The topological polar surface area (TPSA) is 16.1 Å². The van der Waals surface area contributed by atoms with Gasteiger partial charge in [-0.3, -0.25) is 4.98 Å². The summed E-state index contributed by atoms with van der Waals surface area (Å²) in [7, 11) is 0. The van der Waals surface area contributed by atoms with Crippen LogP contribution in [-0.2, 0) is 25.7 Å². The number of pyridine rings is 1. The molecule has 1 fully saturated rings. The Kier molecular flexibility index (Phi) is 9.48. The van der Waals surface area contributed by atoms with E-state index in [1.807, 2.05) is 6.20 Å². The van der Waals surface area contributed by atoms with E-state index in [4.69, 9.17) is 4.98 Å². The maximum atomic E-state index is 14.1. The summed E-state index contributed by atoms with van der Waals surface area (Å²) in [6.45, 7) is 8.21. The number of hydrogen-bond acceptors (Lipinski definition) is 2. The number of aryl methyl sites for hydroxylation is 4. The lowest BCUT2D eigenvalue weighted by molar-refractivity contribution is 0.226. The average Bonchev–Trinajstić information content (AvgIpc) is 2.87. The summed E-state index contributed by atoms with van der Waals surface area (Å²) in [6, 6.07) is 18.7. The van der Waals surface area contributed by atoms with Gasteiger partial charge in [0.1, 0.15) is 5.82 Å². The minimum Gasteiger partial charge on any atom is -0.303 e. The van der Waals surface area contributed by atoms with Gasteiger partial charge in [0, 0.05) is 17.5 Å². The van der Waals surface area contributed by atoms with Crippen molar-refractivity contribution in [3.05, 3.63) is 89.0 Å². The van der Waals surface area contributed by atoms with Crippen LogP contribution in [0.1, 0.15) is 68.3 Å². The van der Waals surface area contributed by atoms with E-state index in [0.29, 0.717) is 5.92 Å². The molecule has 3 heteroatoms. The lowest BCUT2D eigenvalue weighted by Crippen LogP contribution is -2.30. The normalized spacial score (nSPS) is 14.5. The summed E-state index contributed by atoms with van der Waals surface area (Å²) in [5, 5.41) is 0. The average molecular weight is 473 g/mol. The molecule has 1 aromatic heterocycles. The molecule has 4 rings (SSSR count). The summed E-state index contributed by atoms with van der Waals surface area (Å²) in [4.78, 5) is 7.32. The lowest BCUT2D eigenvalue weighted by atomic mass is 9.98. The molecule has 186 valence electrons. The minimum atomic E-state index is -0.125. The van der Waals surface area contributed by atoms with Crippen molar-refractivity contribution < 1.29 is 4.39 Å². The Morgan fingerprint density at radius 1 is 0.771 bits per heavy atom. The SMILES string of the molecule is CC(C)CCc1cc(F)cc(CCc2ccc(-c3ccc(CCCN4CCCCC4)cc3)cn2)c1. The van der Waals surface area contributed by atoms with Crippen LogP contribution < -0.4 is 0 Å². The van der Waals surface area contributed by atoms with Crippen molar-refractivity contribution in [3.63, 3.8) is 0 Å². The quantitative estimate of drug-likeness (QED) is 0.284. The number of piperidine rings is 1. The molecule has 0 unspecified atom stereocenters. The highest BCUT2D eigenvalue weighted by Gasteiger charge is 2.09. The zero-order chi connectivity index (χ0) is 24.5. The molecule has 0 aliphatic carbocycles. The molecule has 0 radical (unpaired) electrons. The number of halogens is 1. The largest absolute Gasteiger partial charge is 0.303 e. The highest BCUT2D eigenvalue weighted by molar-refractivity contribution is 5.62. The number of likely N-dealkylation sites (tertiary alicyclic amines) is 1. The zero-order valence-electron chi connectivity index (χ0n) is 21.6. The summed E-state index contributed by atoms with van der Waals surface area (Å²) in [5.74, 6) is 0.504. The van der Waals surface area contributed by atoms with Crippen LogP contribution in [0.25, 0.3) is 11.1 Å². The Hall–Kier alpha value is -2.52. The van der Waals surface area contributed by atoms with Gasteiger partial charge in [-0.25, -0.2) is 4.39 Å². The van der Waals surface area contributed by atoms with Gasteiger partial charge in [-0.15, -0.1) is 0 Å². The summed E-state index contributed by atoms with van der Waals surface area (Å²) in [6.07, 6.45) is 12.2. The van der Waals surface area contributed by atoms with Crippen molar-refractivity contribution in [2.24, 2.45) is 5.92 Å². The molecule has 0 amide bonds. The summed E-state index contributed by atoms with van der Waals surface area (Å²) >= 11 is 0. The van der Waals surface area contributed by atoms with Crippen molar-refractivity contribution >= 4 is 0 Å². The van der Waals surface area contributed by atoms with E-state index >= 15 is 0 Å². The van der Waals surface area contributed by atoms with E-state index in [1.165, 1.54) is 56.4 Å². The van der Waals surface area contributed by atoms with Crippen LogP contribution in [0.5, 0.6) is 0 Å². The molecule has 0 bridgehead atoms. The highest BCUT2D eigenvalue weighted by Crippen LogP contribution is 2.21. The van der Waals surface area contributed by atoms with Crippen molar-refractivity contribution in [1.82, 2.24) is 9.88 Å². The fourth-order valence-electron chi connectivity index (χ4n) is 5.03. The smallest absolute Gasteiger partial charge is 0.123 e. The zero-order valence-corrected chi connectivity index (χ0v) is 21.6. The Bertz CT molecular complexity index is 1030. The minimum absolute atomic E-state index is 0.125. The van der Waals surface area contributed by atoms with Crippen molar-refractivity contribution in [3.8, 4) is 11.1 Å². The number of hydrogen-bond donors (Lipinski definition) is 0. The van der Waals surface area contributed by atoms with Crippen LogP contribution in [0.3, 0.4) is 0 Å². The third-order valence-electron chi connectivity index (χ3n) is 7.20. The number of nitrogens with zero attached hydrogens (tertiary/aromatic N) is 2. The van der Waals surface area contributed by atoms with Crippen LogP contribution in [-0.4, -0.2) is 29.5 Å². The molecule has 0 saturated carbocycles. The molecule has 0 N–H and O–H groups in total. The summed E-state index contributed by atoms with van der Waals surface area (Å²) < 4.78 is 14.1. The molecule has 1 aliphatic heterocycles. The van der Waals surface area contributed by atoms with Crippen LogP contribution in [0.2, 0.25) is 0 Å². The van der Waals surface area contributed by atoms with Gasteiger partial charge in [-0.05, 0) is 117 Å². The second-order valence-electron chi connectivity index (χ2n) is 10.6. The number of aromatic nitrogens is 1. The first-order chi connectivity index (χ1) is 17.0. The first kappa shape index (κ1) is 25.6. The van der Waals surface area contributed by atoms with Gasteiger partial charge in [0.05, 0.1) is 0 Å². The van der Waals surface area contributed by atoms with Gasteiger partial charge in [0.15, 0.2) is 0 Å². The fraction of sp³-hybridized carbons (Fsp3) is 0.469. The fourth-order valence-corrected chi connectivity index (χ4v) is 5.03. The molecule has 2 heterocycles. The monoisotopic (exact) mass is 472 g/mol. The van der Waals surface area contributed by atoms with Crippen molar-refractivity contribution in [1.29, 1.82) is 0 Å². The van der Waals surface area contributed by atoms with Gasteiger partial charge in [-0.1, -0.05) is 56.7 Å². The van der Waals surface area contributed by atoms with Crippen LogP contribution >= 0.6 is 0 Å². The molecule has 2 aromatic carbocycles. The van der Waals surface area contributed by atoms with Gasteiger partial charge >= 0.3 is 0 Å². The molecule has 0 spiro atoms. The second kappa shape index (κ2) is 13.0. The van der Waals surface area contributed by atoms with E-state index < -0.39 is 0 Å². The number of rotatable bonds is 11. The summed E-state index contributed by atoms with van der Waals surface area (Å²) in [5.41, 5.74) is 6.99. The van der Waals surface area contributed by atoms with E-state index in [2.05, 4.69) is 61.2 Å². The van der Waals surface area contributed by atoms with Crippen molar-refractivity contribution in [2.75, 3.05) is 19.6 Å². The molecule has 3 aromatic rings. The first-order valence-electron chi connectivity index (χ1n) is 13.6. The molecular weight excluding hydrogens is 431 g/mol. The van der Waals surface area contributed by atoms with Gasteiger partial charge in [0.2, 0.25) is 0 Å². The van der Waals surface area contributed by atoms with Gasteiger partial charge in [0.25, 0.3) is 0 Å². The number of benzene rings is 2. The molecule has 1 saturated heterocycles. The predicted octanol–water partition coefficient (Wildman–Crippen LogP) is 7.68. The van der Waals surface area contributed by atoms with E-state index in [0.717, 1.165) is 54.5 Å². The third-order valence-corrected chi connectivity index (χ3v) is 7.20. The van der Waals surface area contributed by atoms with Crippen LogP contribution in [0.15, 0.2) is 60.8 Å². The van der Waals surface area contributed by atoms with E-state index in [1.54, 1.807) is 12.1 Å². The molecule has 1 aliphatic rings.